The van der Waals surface area contributed by atoms with Crippen molar-refractivity contribution in [3.63, 3.8) is 0 Å². The van der Waals surface area contributed by atoms with Crippen LogP contribution in [0.5, 0.6) is 0 Å². The first kappa shape index (κ1) is 22.7. The Bertz CT molecular complexity index is 1450. The van der Waals surface area contributed by atoms with Crippen molar-refractivity contribution in [2.24, 2.45) is 0 Å². The van der Waals surface area contributed by atoms with Gasteiger partial charge in [0.05, 0.1) is 21.7 Å². The molecule has 0 atom stereocenters. The van der Waals surface area contributed by atoms with Gasteiger partial charge in [0, 0.05) is 29.9 Å². The highest BCUT2D eigenvalue weighted by atomic mass is 32.2. The number of ketones is 1. The number of hydrogen-bond donors (Lipinski definition) is 1. The van der Waals surface area contributed by atoms with Crippen LogP contribution in [0.2, 0.25) is 0 Å². The van der Waals surface area contributed by atoms with E-state index >= 15 is 0 Å². The van der Waals surface area contributed by atoms with E-state index in [4.69, 9.17) is 4.98 Å². The molecule has 1 aromatic heterocycles. The first-order chi connectivity index (χ1) is 16.4. The van der Waals surface area contributed by atoms with Crippen LogP contribution in [-0.4, -0.2) is 43.1 Å². The van der Waals surface area contributed by atoms with Gasteiger partial charge in [-0.2, -0.15) is 4.31 Å². The minimum atomic E-state index is -3.55. The number of carbonyl (C=O) groups is 1. The Morgan fingerprint density at radius 1 is 1.03 bits per heavy atom. The summed E-state index contributed by atoms with van der Waals surface area (Å²) in [6.45, 7) is 3.22. The van der Waals surface area contributed by atoms with Crippen LogP contribution in [0.25, 0.3) is 20.8 Å². The first-order valence-corrected chi connectivity index (χ1v) is 13.5. The number of aromatic nitrogens is 1. The fraction of sp³-hybridized carbons (Fsp3) is 0.231. The van der Waals surface area contributed by atoms with Crippen molar-refractivity contribution in [3.8, 4) is 10.6 Å². The van der Waals surface area contributed by atoms with Gasteiger partial charge in [0.25, 0.3) is 0 Å². The van der Waals surface area contributed by atoms with Gasteiger partial charge in [-0.3, -0.25) is 4.79 Å². The molecule has 0 spiro atoms. The number of carbonyl (C=O) groups excluding carboxylic acids is 1. The quantitative estimate of drug-likeness (QED) is 0.353. The molecule has 1 N–H and O–H groups in total. The summed E-state index contributed by atoms with van der Waals surface area (Å²) >= 11 is 1.66. The smallest absolute Gasteiger partial charge is 0.243 e. The van der Waals surface area contributed by atoms with Crippen molar-refractivity contribution < 1.29 is 13.2 Å². The van der Waals surface area contributed by atoms with Crippen LogP contribution in [0.1, 0.15) is 28.8 Å². The van der Waals surface area contributed by atoms with Crippen LogP contribution in [0.3, 0.4) is 0 Å². The summed E-state index contributed by atoms with van der Waals surface area (Å²) in [5.74, 6) is -0.163. The molecule has 1 aliphatic heterocycles. The molecule has 0 bridgehead atoms. The number of rotatable bonds is 7. The maximum Gasteiger partial charge on any atom is 0.243 e. The number of hydrogen-bond acceptors (Lipinski definition) is 6. The molecular weight excluding hydrogens is 466 g/mol. The van der Waals surface area contributed by atoms with Crippen LogP contribution in [0.4, 0.5) is 5.69 Å². The Balaban J connectivity index is 1.26. The van der Waals surface area contributed by atoms with Gasteiger partial charge in [0.2, 0.25) is 10.0 Å². The van der Waals surface area contributed by atoms with E-state index in [9.17, 15) is 13.2 Å². The molecule has 0 aliphatic carbocycles. The number of sulfonamides is 1. The van der Waals surface area contributed by atoms with Crippen molar-refractivity contribution in [2.75, 3.05) is 25.0 Å². The van der Waals surface area contributed by atoms with Crippen molar-refractivity contribution in [2.45, 2.75) is 24.7 Å². The van der Waals surface area contributed by atoms with Gasteiger partial charge >= 0.3 is 0 Å². The highest BCUT2D eigenvalue weighted by Gasteiger charge is 2.27. The molecule has 1 fully saturated rings. The van der Waals surface area contributed by atoms with Crippen LogP contribution in [0, 0.1) is 6.92 Å². The van der Waals surface area contributed by atoms with E-state index in [0.29, 0.717) is 18.7 Å². The second-order valence-electron chi connectivity index (χ2n) is 8.48. The molecule has 5 rings (SSSR count). The molecule has 8 heteroatoms. The average Bonchev–Trinajstić information content (AvgIpc) is 3.53. The topological polar surface area (TPSA) is 79.4 Å². The Labute approximate surface area is 203 Å². The largest absolute Gasteiger partial charge is 0.378 e. The lowest BCUT2D eigenvalue weighted by molar-refractivity contribution is 0.101. The van der Waals surface area contributed by atoms with E-state index in [0.717, 1.165) is 39.3 Å². The van der Waals surface area contributed by atoms with Crippen molar-refractivity contribution in [1.29, 1.82) is 0 Å². The van der Waals surface area contributed by atoms with Crippen LogP contribution in [-0.2, 0) is 10.0 Å². The fourth-order valence-electron chi connectivity index (χ4n) is 4.08. The molecule has 0 radical (unpaired) electrons. The molecule has 0 unspecified atom stereocenters. The third kappa shape index (κ3) is 4.61. The molecule has 4 aromatic rings. The second kappa shape index (κ2) is 9.29. The van der Waals surface area contributed by atoms with Crippen LogP contribution >= 0.6 is 11.3 Å². The van der Waals surface area contributed by atoms with E-state index in [1.807, 2.05) is 30.3 Å². The minimum absolute atomic E-state index is 0.0764. The second-order valence-corrected chi connectivity index (χ2v) is 11.5. The lowest BCUT2D eigenvalue weighted by atomic mass is 10.1. The molecule has 1 aliphatic rings. The summed E-state index contributed by atoms with van der Waals surface area (Å²) in [4.78, 5) is 17.6. The zero-order valence-corrected chi connectivity index (χ0v) is 20.5. The number of Topliss-reactive ketones (excluding diaryl/α,β-unsaturated/α-hetero) is 1. The highest BCUT2D eigenvalue weighted by molar-refractivity contribution is 7.89. The number of aryl methyl sites for hydroxylation is 1. The summed E-state index contributed by atoms with van der Waals surface area (Å²) in [5.41, 5.74) is 4.43. The molecule has 174 valence electrons. The zero-order valence-electron chi connectivity index (χ0n) is 18.8. The molecule has 0 amide bonds. The number of benzene rings is 3. The molecule has 1 saturated heterocycles. The molecular formula is C26H25N3O3S2. The number of thiazole rings is 1. The van der Waals surface area contributed by atoms with Crippen molar-refractivity contribution in [1.82, 2.24) is 9.29 Å². The van der Waals surface area contributed by atoms with Gasteiger partial charge < -0.3 is 5.32 Å². The van der Waals surface area contributed by atoms with Gasteiger partial charge in [0.15, 0.2) is 5.78 Å². The number of fused-ring (bicyclic) bond motifs is 1. The standard InChI is InChI=1S/C26H25N3O3S2/c1-18-7-12-23-25(15-18)33-26(28-23)19-8-10-21(11-9-19)27-17-24(30)20-5-4-6-22(16-20)34(31,32)29-13-2-3-14-29/h4-12,15-16,27H,2-3,13-14,17H2,1H3. The Morgan fingerprint density at radius 2 is 1.79 bits per heavy atom. The minimum Gasteiger partial charge on any atom is -0.378 e. The van der Waals surface area contributed by atoms with E-state index < -0.39 is 10.0 Å². The Hall–Kier alpha value is -3.07. The predicted octanol–water partition coefficient (Wildman–Crippen LogP) is 5.35. The summed E-state index contributed by atoms with van der Waals surface area (Å²) in [6.07, 6.45) is 1.75. The Morgan fingerprint density at radius 3 is 2.56 bits per heavy atom. The monoisotopic (exact) mass is 491 g/mol. The highest BCUT2D eigenvalue weighted by Crippen LogP contribution is 2.31. The normalized spacial score (nSPS) is 14.5. The van der Waals surface area contributed by atoms with Crippen molar-refractivity contribution >= 4 is 43.0 Å². The van der Waals surface area contributed by atoms with Gasteiger partial charge in [-0.1, -0.05) is 18.2 Å². The lowest BCUT2D eigenvalue weighted by Crippen LogP contribution is -2.28. The third-order valence-electron chi connectivity index (χ3n) is 5.99. The molecule has 6 nitrogen and oxygen atoms in total. The zero-order chi connectivity index (χ0) is 23.7. The molecule has 3 aromatic carbocycles. The number of anilines is 1. The maximum atomic E-state index is 12.8. The summed E-state index contributed by atoms with van der Waals surface area (Å²) in [7, 11) is -3.55. The van der Waals surface area contributed by atoms with Crippen LogP contribution < -0.4 is 5.32 Å². The maximum absolute atomic E-state index is 12.8. The molecule has 34 heavy (non-hydrogen) atoms. The summed E-state index contributed by atoms with van der Waals surface area (Å²) < 4.78 is 28.3. The lowest BCUT2D eigenvalue weighted by Gasteiger charge is -2.16. The molecule has 0 saturated carbocycles. The van der Waals surface area contributed by atoms with Crippen molar-refractivity contribution in [3.05, 3.63) is 77.9 Å². The van der Waals surface area contributed by atoms with Gasteiger partial charge in [-0.25, -0.2) is 13.4 Å². The Kier molecular flexibility index (Phi) is 6.20. The molecule has 2 heterocycles. The van der Waals surface area contributed by atoms with E-state index in [1.54, 1.807) is 29.5 Å². The van der Waals surface area contributed by atoms with Crippen LogP contribution in [0.15, 0.2) is 71.6 Å². The number of nitrogens with zero attached hydrogens (tertiary/aromatic N) is 2. The van der Waals surface area contributed by atoms with Gasteiger partial charge in [-0.15, -0.1) is 11.3 Å². The van der Waals surface area contributed by atoms with Gasteiger partial charge in [-0.05, 0) is 73.9 Å². The average molecular weight is 492 g/mol. The first-order valence-electron chi connectivity index (χ1n) is 11.2. The number of nitrogens with one attached hydrogen (secondary N) is 1. The van der Waals surface area contributed by atoms with E-state index in [-0.39, 0.29) is 17.2 Å². The fourth-order valence-corrected chi connectivity index (χ4v) is 6.71. The SMILES string of the molecule is Cc1ccc2nc(-c3ccc(NCC(=O)c4cccc(S(=O)(=O)N5CCCC5)c4)cc3)sc2c1. The third-order valence-corrected chi connectivity index (χ3v) is 8.95. The van der Waals surface area contributed by atoms with E-state index in [2.05, 4.69) is 24.4 Å². The summed E-state index contributed by atoms with van der Waals surface area (Å²) in [6, 6.07) is 20.4. The van der Waals surface area contributed by atoms with Gasteiger partial charge in [0.1, 0.15) is 5.01 Å². The summed E-state index contributed by atoms with van der Waals surface area (Å²) in [5, 5.41) is 4.10. The predicted molar refractivity (Wildman–Crippen MR) is 137 cm³/mol. The van der Waals surface area contributed by atoms with E-state index in [1.165, 1.54) is 15.9 Å².